The molecule has 0 radical (unpaired) electrons. The van der Waals surface area contributed by atoms with Crippen molar-refractivity contribution in [2.45, 2.75) is 20.1 Å². The molecule has 14 heteroatoms. The number of nitrogens with zero attached hydrogens (tertiary/aromatic N) is 3. The normalized spacial score (nSPS) is 12.0. The Morgan fingerprint density at radius 1 is 1.07 bits per heavy atom. The number of rotatable bonds is 15. The molecule has 4 rings (SSSR count). The molecule has 2 heterocycles. The standard InChI is InChI=1S/C27H32N5O7PS/c1-18-4-6-19(7-5-18)15-39-40(17-37-11-10-32-16-29-23-24(32)30-27(28)31-25(23)33)38-12-13-41-26(34)20-8-9-21(35-2)22(14-20)36-3/h4-9,14,16H,10-13,15,17H2,1-3H3,(H3,28,30,31,33). The number of methoxy groups -OCH3 is 2. The van der Waals surface area contributed by atoms with E-state index in [0.29, 0.717) is 54.8 Å². The lowest BCUT2D eigenvalue weighted by atomic mass is 10.2. The number of hydrogen-bond acceptors (Lipinski definition) is 11. The predicted molar refractivity (Wildman–Crippen MR) is 159 cm³/mol. The molecule has 0 saturated carbocycles. The number of fused-ring (bicyclic) bond motifs is 1. The SMILES string of the molecule is COc1ccc(C(=O)SCCOP(COCCn2cnc3c(=O)[nH]c(N)nc32)OCc2ccc(C)cc2)cc1OC. The molecule has 0 aliphatic carbocycles. The molecule has 1 atom stereocenters. The largest absolute Gasteiger partial charge is 0.493 e. The second kappa shape index (κ2) is 14.9. The van der Waals surface area contributed by atoms with E-state index in [4.69, 9.17) is 29.0 Å². The average molecular weight is 602 g/mol. The van der Waals surface area contributed by atoms with E-state index in [1.54, 1.807) is 29.9 Å². The summed E-state index contributed by atoms with van der Waals surface area (Å²) in [6.07, 6.45) is 1.74. The smallest absolute Gasteiger partial charge is 0.280 e. The van der Waals surface area contributed by atoms with Gasteiger partial charge in [-0.15, -0.1) is 0 Å². The predicted octanol–water partition coefficient (Wildman–Crippen LogP) is 4.12. The van der Waals surface area contributed by atoms with Gasteiger partial charge in [0.2, 0.25) is 11.1 Å². The highest BCUT2D eigenvalue weighted by atomic mass is 32.2. The van der Waals surface area contributed by atoms with Gasteiger partial charge in [-0.25, -0.2) is 4.98 Å². The van der Waals surface area contributed by atoms with Crippen LogP contribution in [0.25, 0.3) is 11.2 Å². The van der Waals surface area contributed by atoms with E-state index in [9.17, 15) is 9.59 Å². The van der Waals surface area contributed by atoms with Crippen molar-refractivity contribution in [1.29, 1.82) is 0 Å². The molecule has 41 heavy (non-hydrogen) atoms. The van der Waals surface area contributed by atoms with Crippen molar-refractivity contribution in [2.75, 3.05) is 45.3 Å². The van der Waals surface area contributed by atoms with Crippen LogP contribution in [0, 0.1) is 6.92 Å². The number of anilines is 1. The molecule has 1 unspecified atom stereocenters. The monoisotopic (exact) mass is 601 g/mol. The Morgan fingerprint density at radius 3 is 2.61 bits per heavy atom. The van der Waals surface area contributed by atoms with Gasteiger partial charge in [-0.3, -0.25) is 14.6 Å². The van der Waals surface area contributed by atoms with E-state index >= 15 is 0 Å². The number of aromatic amines is 1. The number of carbonyl (C=O) groups excluding carboxylic acids is 1. The molecule has 3 N–H and O–H groups in total. The summed E-state index contributed by atoms with van der Waals surface area (Å²) in [6.45, 7) is 3.40. The van der Waals surface area contributed by atoms with Crippen LogP contribution in [0.1, 0.15) is 21.5 Å². The third-order valence-electron chi connectivity index (χ3n) is 5.83. The van der Waals surface area contributed by atoms with Crippen molar-refractivity contribution in [2.24, 2.45) is 0 Å². The van der Waals surface area contributed by atoms with E-state index in [-0.39, 0.29) is 22.9 Å². The number of aryl methyl sites for hydroxylation is 1. The number of nitrogens with two attached hydrogens (primary N) is 1. The molecule has 0 bridgehead atoms. The van der Waals surface area contributed by atoms with Gasteiger partial charge >= 0.3 is 0 Å². The molecule has 0 fully saturated rings. The molecule has 0 aliphatic rings. The second-order valence-corrected chi connectivity index (χ2v) is 11.2. The molecule has 0 amide bonds. The molecule has 0 aliphatic heterocycles. The maximum atomic E-state index is 12.7. The maximum absolute atomic E-state index is 12.7. The molecular formula is C27H32N5O7PS. The first kappa shape index (κ1) is 30.5. The van der Waals surface area contributed by atoms with E-state index < -0.39 is 13.9 Å². The van der Waals surface area contributed by atoms with Gasteiger partial charge in [-0.2, -0.15) is 4.98 Å². The van der Waals surface area contributed by atoms with E-state index in [1.165, 1.54) is 13.4 Å². The van der Waals surface area contributed by atoms with Crippen LogP contribution in [-0.4, -0.2) is 64.2 Å². The van der Waals surface area contributed by atoms with Crippen LogP contribution in [0.3, 0.4) is 0 Å². The number of thioether (sulfide) groups is 1. The molecule has 12 nitrogen and oxygen atoms in total. The summed E-state index contributed by atoms with van der Waals surface area (Å²) in [5.41, 5.74) is 8.57. The van der Waals surface area contributed by atoms with Gasteiger partial charge in [0.1, 0.15) is 6.35 Å². The van der Waals surface area contributed by atoms with Crippen molar-refractivity contribution in [1.82, 2.24) is 19.5 Å². The molecule has 2 aromatic carbocycles. The fraction of sp³-hybridized carbons (Fsp3) is 0.333. The third-order valence-corrected chi connectivity index (χ3v) is 7.98. The Labute approximate surface area is 242 Å². The number of aromatic nitrogens is 4. The number of nitrogen functional groups attached to an aromatic ring is 1. The highest BCUT2D eigenvalue weighted by Gasteiger charge is 2.15. The number of carbonyl (C=O) groups is 1. The zero-order valence-corrected chi connectivity index (χ0v) is 24.7. The molecule has 218 valence electrons. The summed E-state index contributed by atoms with van der Waals surface area (Å²) < 4.78 is 30.1. The highest BCUT2D eigenvalue weighted by molar-refractivity contribution is 8.14. The van der Waals surface area contributed by atoms with Gasteiger partial charge in [-0.05, 0) is 30.7 Å². The topological polar surface area (TPSA) is 153 Å². The quantitative estimate of drug-likeness (QED) is 0.149. The number of nitrogens with one attached hydrogen (secondary N) is 1. The van der Waals surface area contributed by atoms with E-state index in [2.05, 4.69) is 15.0 Å². The minimum Gasteiger partial charge on any atom is -0.493 e. The maximum Gasteiger partial charge on any atom is 0.280 e. The molecule has 2 aromatic heterocycles. The van der Waals surface area contributed by atoms with Crippen molar-refractivity contribution in [3.63, 3.8) is 0 Å². The van der Waals surface area contributed by atoms with Gasteiger partial charge < -0.3 is 33.6 Å². The van der Waals surface area contributed by atoms with Gasteiger partial charge in [0.05, 0.1) is 40.4 Å². The molecule has 0 saturated heterocycles. The summed E-state index contributed by atoms with van der Waals surface area (Å²) in [6, 6.07) is 13.1. The summed E-state index contributed by atoms with van der Waals surface area (Å²) in [5.74, 6) is 1.51. The van der Waals surface area contributed by atoms with Crippen LogP contribution in [0.2, 0.25) is 0 Å². The fourth-order valence-electron chi connectivity index (χ4n) is 3.70. The van der Waals surface area contributed by atoms with Crippen LogP contribution in [0.5, 0.6) is 11.5 Å². The lowest BCUT2D eigenvalue weighted by molar-refractivity contribution is 0.108. The van der Waals surface area contributed by atoms with E-state index in [1.807, 2.05) is 31.2 Å². The Hall–Kier alpha value is -3.48. The Balaban J connectivity index is 1.29. The van der Waals surface area contributed by atoms with Crippen LogP contribution < -0.4 is 20.8 Å². The number of H-pyrrole nitrogens is 1. The third kappa shape index (κ3) is 8.51. The van der Waals surface area contributed by atoms with Gasteiger partial charge in [0.15, 0.2) is 31.0 Å². The summed E-state index contributed by atoms with van der Waals surface area (Å²) in [5, 5.41) is -0.101. The summed E-state index contributed by atoms with van der Waals surface area (Å²) >= 11 is 1.15. The average Bonchev–Trinajstić information content (AvgIpc) is 3.38. The Morgan fingerprint density at radius 2 is 1.85 bits per heavy atom. The van der Waals surface area contributed by atoms with Crippen LogP contribution >= 0.6 is 20.1 Å². The fourth-order valence-corrected chi connectivity index (χ4v) is 5.56. The minimum absolute atomic E-state index is 0.0223. The van der Waals surface area contributed by atoms with Crippen molar-refractivity contribution < 1.29 is 28.1 Å². The van der Waals surface area contributed by atoms with Gasteiger partial charge in [0, 0.05) is 17.9 Å². The van der Waals surface area contributed by atoms with Crippen LogP contribution in [0.15, 0.2) is 53.6 Å². The summed E-state index contributed by atoms with van der Waals surface area (Å²) in [4.78, 5) is 35.4. The first-order chi connectivity index (χ1) is 19.9. The minimum atomic E-state index is -1.40. The molecule has 4 aromatic rings. The first-order valence-electron chi connectivity index (χ1n) is 12.6. The number of benzene rings is 2. The highest BCUT2D eigenvalue weighted by Crippen LogP contribution is 2.39. The van der Waals surface area contributed by atoms with E-state index in [0.717, 1.165) is 22.9 Å². The number of ether oxygens (including phenoxy) is 3. The van der Waals surface area contributed by atoms with Gasteiger partial charge in [-0.1, -0.05) is 41.6 Å². The molecular weight excluding hydrogens is 569 g/mol. The number of imidazole rings is 1. The second-order valence-electron chi connectivity index (χ2n) is 8.73. The Bertz CT molecular complexity index is 1510. The van der Waals surface area contributed by atoms with Crippen LogP contribution in [0.4, 0.5) is 5.95 Å². The lowest BCUT2D eigenvalue weighted by Crippen LogP contribution is -2.13. The number of hydrogen-bond donors (Lipinski definition) is 2. The zero-order valence-electron chi connectivity index (χ0n) is 23.0. The first-order valence-corrected chi connectivity index (χ1v) is 15.0. The summed E-state index contributed by atoms with van der Waals surface area (Å²) in [7, 11) is 1.67. The molecule has 0 spiro atoms. The Kier molecular flexibility index (Phi) is 11.1. The van der Waals surface area contributed by atoms with Crippen LogP contribution in [-0.2, 0) is 26.9 Å². The van der Waals surface area contributed by atoms with Gasteiger partial charge in [0.25, 0.3) is 5.56 Å². The zero-order chi connectivity index (χ0) is 29.2. The van der Waals surface area contributed by atoms with Crippen molar-refractivity contribution >= 4 is 42.4 Å². The van der Waals surface area contributed by atoms with Crippen molar-refractivity contribution in [3.8, 4) is 11.5 Å². The lowest BCUT2D eigenvalue weighted by Gasteiger charge is -2.18. The van der Waals surface area contributed by atoms with Crippen molar-refractivity contribution in [3.05, 3.63) is 75.8 Å².